The van der Waals surface area contributed by atoms with Crippen LogP contribution < -0.4 is 10.2 Å². The molecule has 1 aliphatic carbocycles. The Balaban J connectivity index is 1.24. The van der Waals surface area contributed by atoms with E-state index >= 15 is 0 Å². The molecule has 2 amide bonds. The Labute approximate surface area is 207 Å². The van der Waals surface area contributed by atoms with E-state index in [1.165, 1.54) is 12.8 Å². The van der Waals surface area contributed by atoms with Gasteiger partial charge in [0.2, 0.25) is 5.91 Å². The van der Waals surface area contributed by atoms with Crippen molar-refractivity contribution in [2.75, 3.05) is 44.2 Å². The van der Waals surface area contributed by atoms with E-state index in [1.807, 2.05) is 45.0 Å². The Morgan fingerprint density at radius 3 is 2.34 bits per heavy atom. The molecule has 0 spiro atoms. The van der Waals surface area contributed by atoms with Crippen LogP contribution in [0, 0.1) is 5.41 Å². The van der Waals surface area contributed by atoms with Gasteiger partial charge in [0.15, 0.2) is 5.78 Å². The van der Waals surface area contributed by atoms with Gasteiger partial charge in [-0.05, 0) is 55.4 Å². The van der Waals surface area contributed by atoms with Crippen molar-refractivity contribution in [3.63, 3.8) is 0 Å². The van der Waals surface area contributed by atoms with E-state index < -0.39 is 12.1 Å². The molecule has 35 heavy (non-hydrogen) atoms. The molecule has 1 aromatic rings. The van der Waals surface area contributed by atoms with Crippen LogP contribution in [-0.4, -0.2) is 91.0 Å². The zero-order valence-corrected chi connectivity index (χ0v) is 21.2. The zero-order valence-electron chi connectivity index (χ0n) is 21.2. The molecule has 4 aliphatic rings. The van der Waals surface area contributed by atoms with Crippen LogP contribution in [0.1, 0.15) is 56.8 Å². The first-order valence-electron chi connectivity index (χ1n) is 13.0. The van der Waals surface area contributed by atoms with Crippen molar-refractivity contribution in [3.05, 3.63) is 29.8 Å². The van der Waals surface area contributed by atoms with Crippen LogP contribution in [0.5, 0.6) is 0 Å². The maximum Gasteiger partial charge on any atom is 0.251 e. The number of fused-ring (bicyclic) bond motifs is 1. The summed E-state index contributed by atoms with van der Waals surface area (Å²) in [5, 5.41) is 2.98. The van der Waals surface area contributed by atoms with Gasteiger partial charge in [0.25, 0.3) is 5.91 Å². The fraction of sp³-hybridized carbons (Fsp3) is 0.667. The third-order valence-corrected chi connectivity index (χ3v) is 7.69. The van der Waals surface area contributed by atoms with Gasteiger partial charge in [-0.2, -0.15) is 0 Å². The van der Waals surface area contributed by atoms with Gasteiger partial charge in [-0.15, -0.1) is 0 Å². The molecule has 0 radical (unpaired) electrons. The minimum Gasteiger partial charge on any atom is -0.369 e. The topological polar surface area (TPSA) is 82.2 Å². The Morgan fingerprint density at radius 1 is 1.03 bits per heavy atom. The molecule has 1 N–H and O–H groups in total. The summed E-state index contributed by atoms with van der Waals surface area (Å²) in [6, 6.07) is 7.29. The smallest absolute Gasteiger partial charge is 0.251 e. The van der Waals surface area contributed by atoms with Crippen molar-refractivity contribution in [1.29, 1.82) is 0 Å². The third kappa shape index (κ3) is 5.38. The number of carbonyl (C=O) groups excluding carboxylic acids is 3. The molecule has 3 aliphatic heterocycles. The largest absolute Gasteiger partial charge is 0.369 e. The summed E-state index contributed by atoms with van der Waals surface area (Å²) in [4.78, 5) is 45.6. The molecule has 190 valence electrons. The molecule has 3 heterocycles. The number of anilines is 1. The number of ketones is 1. The summed E-state index contributed by atoms with van der Waals surface area (Å²) in [7, 11) is 0. The number of Topliss-reactive ketones (excluding diaryl/α,β-unsaturated/α-hetero) is 1. The van der Waals surface area contributed by atoms with Crippen molar-refractivity contribution in [3.8, 4) is 0 Å². The van der Waals surface area contributed by atoms with E-state index in [2.05, 4.69) is 15.1 Å². The number of carbonyl (C=O) groups is 3. The van der Waals surface area contributed by atoms with Crippen LogP contribution in [0.25, 0.3) is 0 Å². The monoisotopic (exact) mass is 482 g/mol. The number of piperazine rings is 1. The highest BCUT2D eigenvalue weighted by atomic mass is 16.5. The van der Waals surface area contributed by atoms with Crippen molar-refractivity contribution < 1.29 is 19.1 Å². The minimum absolute atomic E-state index is 0.0461. The molecule has 3 atom stereocenters. The van der Waals surface area contributed by atoms with E-state index in [4.69, 9.17) is 4.74 Å². The van der Waals surface area contributed by atoms with E-state index in [9.17, 15) is 14.4 Å². The van der Waals surface area contributed by atoms with E-state index in [1.54, 1.807) is 4.90 Å². The molecule has 8 heteroatoms. The van der Waals surface area contributed by atoms with Crippen LogP contribution in [0.2, 0.25) is 0 Å². The average molecular weight is 483 g/mol. The molecule has 0 aromatic heterocycles. The molecule has 1 saturated carbocycles. The second-order valence-electron chi connectivity index (χ2n) is 11.7. The Hall–Kier alpha value is -2.45. The molecule has 0 bridgehead atoms. The lowest BCUT2D eigenvalue weighted by molar-refractivity contribution is -0.138. The molecule has 8 nitrogen and oxygen atoms in total. The number of likely N-dealkylation sites (tertiary alicyclic amines) is 1. The van der Waals surface area contributed by atoms with Crippen molar-refractivity contribution >= 4 is 23.3 Å². The molecule has 1 aromatic carbocycles. The van der Waals surface area contributed by atoms with Crippen LogP contribution in [0.3, 0.4) is 0 Å². The predicted octanol–water partition coefficient (Wildman–Crippen LogP) is 2.07. The fourth-order valence-electron chi connectivity index (χ4n) is 5.70. The number of hydrogen-bond donors (Lipinski definition) is 1. The number of hydrogen-bond acceptors (Lipinski definition) is 6. The second kappa shape index (κ2) is 9.54. The van der Waals surface area contributed by atoms with Crippen molar-refractivity contribution in [1.82, 2.24) is 15.1 Å². The maximum absolute atomic E-state index is 13.5. The van der Waals surface area contributed by atoms with Crippen molar-refractivity contribution in [2.45, 2.75) is 70.7 Å². The number of amides is 2. The molecular formula is C27H38N4O4. The summed E-state index contributed by atoms with van der Waals surface area (Å²) in [6.45, 7) is 10.9. The number of ether oxygens (including phenoxy) is 1. The number of nitrogens with one attached hydrogen (secondary N) is 1. The predicted molar refractivity (Wildman–Crippen MR) is 133 cm³/mol. The van der Waals surface area contributed by atoms with Gasteiger partial charge in [-0.3, -0.25) is 19.3 Å². The third-order valence-electron chi connectivity index (χ3n) is 7.69. The highest BCUT2D eigenvalue weighted by molar-refractivity contribution is 5.99. The molecular weight excluding hydrogens is 444 g/mol. The quantitative estimate of drug-likeness (QED) is 0.669. The Morgan fingerprint density at radius 2 is 1.71 bits per heavy atom. The first-order valence-corrected chi connectivity index (χ1v) is 13.0. The van der Waals surface area contributed by atoms with Gasteiger partial charge in [-0.25, -0.2) is 0 Å². The summed E-state index contributed by atoms with van der Waals surface area (Å²) in [5.41, 5.74) is 1.49. The van der Waals surface area contributed by atoms with Crippen LogP contribution in [-0.2, 0) is 14.3 Å². The molecule has 4 fully saturated rings. The van der Waals surface area contributed by atoms with Crippen LogP contribution >= 0.6 is 0 Å². The number of nitrogens with zero attached hydrogens (tertiary/aromatic N) is 3. The van der Waals surface area contributed by atoms with Gasteiger partial charge < -0.3 is 19.9 Å². The van der Waals surface area contributed by atoms with Gasteiger partial charge in [0.05, 0.1) is 6.10 Å². The van der Waals surface area contributed by atoms with E-state index in [0.717, 1.165) is 37.9 Å². The van der Waals surface area contributed by atoms with E-state index in [0.29, 0.717) is 24.9 Å². The molecule has 3 saturated heterocycles. The van der Waals surface area contributed by atoms with Crippen LogP contribution in [0.4, 0.5) is 5.69 Å². The van der Waals surface area contributed by atoms with Crippen LogP contribution in [0.15, 0.2) is 24.3 Å². The van der Waals surface area contributed by atoms with E-state index in [-0.39, 0.29) is 35.7 Å². The maximum atomic E-state index is 13.5. The number of rotatable bonds is 6. The summed E-state index contributed by atoms with van der Waals surface area (Å²) < 4.78 is 5.54. The van der Waals surface area contributed by atoms with Gasteiger partial charge >= 0.3 is 0 Å². The van der Waals surface area contributed by atoms with Gasteiger partial charge in [-0.1, -0.05) is 20.8 Å². The first kappa shape index (κ1) is 24.3. The lowest BCUT2D eigenvalue weighted by atomic mass is 9.87. The highest BCUT2D eigenvalue weighted by Crippen LogP contribution is 2.30. The zero-order chi connectivity index (χ0) is 24.7. The standard InChI is InChI=1S/C27H38N4O4/c1-27(2,3)16-21(26(34)31-11-10-23-24(31)22(32)17-35-23)28-25(33)18-4-6-19(7-5-18)29-12-14-30(15-13-29)20-8-9-20/h4-7,20-21,23-24H,8-17H2,1-3H3,(H,28,33)/t21?,23-,24-/m1/s1. The highest BCUT2D eigenvalue weighted by Gasteiger charge is 2.48. The summed E-state index contributed by atoms with van der Waals surface area (Å²) in [5.74, 6) is -0.498. The minimum atomic E-state index is -0.690. The fourth-order valence-corrected chi connectivity index (χ4v) is 5.70. The summed E-state index contributed by atoms with van der Waals surface area (Å²) >= 11 is 0. The van der Waals surface area contributed by atoms with Crippen molar-refractivity contribution in [2.24, 2.45) is 5.41 Å². The first-order chi connectivity index (χ1) is 16.7. The normalized spacial score (nSPS) is 26.1. The molecule has 5 rings (SSSR count). The SMILES string of the molecule is CC(C)(C)CC(NC(=O)c1ccc(N2CCN(C3CC3)CC2)cc1)C(=O)N1CC[C@H]2OCC(=O)[C@H]21. The Bertz CT molecular complexity index is 960. The lowest BCUT2D eigenvalue weighted by Crippen LogP contribution is -2.53. The lowest BCUT2D eigenvalue weighted by Gasteiger charge is -2.36. The molecule has 1 unspecified atom stereocenters. The van der Waals surface area contributed by atoms with Gasteiger partial charge in [0.1, 0.15) is 18.7 Å². The Kier molecular flexibility index (Phi) is 6.61. The average Bonchev–Trinajstić information content (AvgIpc) is 3.50. The van der Waals surface area contributed by atoms with Gasteiger partial charge in [0, 0.05) is 50.0 Å². The number of benzene rings is 1. The summed E-state index contributed by atoms with van der Waals surface area (Å²) in [6.07, 6.45) is 3.62. The second-order valence-corrected chi connectivity index (χ2v) is 11.7.